The van der Waals surface area contributed by atoms with Gasteiger partial charge in [0.25, 0.3) is 0 Å². The second-order valence-corrected chi connectivity index (χ2v) is 8.50. The van der Waals surface area contributed by atoms with Crippen molar-refractivity contribution in [3.63, 3.8) is 0 Å². The minimum atomic E-state index is -1.07. The highest BCUT2D eigenvalue weighted by Crippen LogP contribution is 2.52. The summed E-state index contributed by atoms with van der Waals surface area (Å²) in [5.74, 6) is 1.04. The molecule has 1 saturated heterocycles. The zero-order valence-electron chi connectivity index (χ0n) is 13.9. The van der Waals surface area contributed by atoms with Crippen LogP contribution in [0.15, 0.2) is 18.2 Å². The van der Waals surface area contributed by atoms with E-state index in [0.717, 1.165) is 43.5 Å². The molecule has 1 spiro atoms. The minimum Gasteiger partial charge on any atom is -0.598 e. The Morgan fingerprint density at radius 3 is 2.83 bits per heavy atom. The molecule has 3 rings (SSSR count). The van der Waals surface area contributed by atoms with Crippen molar-refractivity contribution in [3.05, 3.63) is 34.9 Å². The Morgan fingerprint density at radius 2 is 2.17 bits per heavy atom. The first-order valence-electron chi connectivity index (χ1n) is 8.43. The van der Waals surface area contributed by atoms with Gasteiger partial charge in [0, 0.05) is 16.8 Å². The van der Waals surface area contributed by atoms with Crippen LogP contribution in [0.5, 0.6) is 0 Å². The zero-order chi connectivity index (χ0) is 16.4. The van der Waals surface area contributed by atoms with E-state index in [0.29, 0.717) is 11.7 Å². The van der Waals surface area contributed by atoms with Gasteiger partial charge in [-0.3, -0.25) is 0 Å². The molecule has 1 aromatic rings. The van der Waals surface area contributed by atoms with Crippen molar-refractivity contribution in [3.8, 4) is 6.07 Å². The third kappa shape index (κ3) is 3.27. The molecule has 1 aliphatic heterocycles. The molecule has 23 heavy (non-hydrogen) atoms. The maximum absolute atomic E-state index is 12.5. The molecule has 4 nitrogen and oxygen atoms in total. The Balaban J connectivity index is 1.95. The highest BCUT2D eigenvalue weighted by molar-refractivity contribution is 7.89. The van der Waals surface area contributed by atoms with Gasteiger partial charge in [-0.05, 0) is 55.5 Å². The van der Waals surface area contributed by atoms with Crippen LogP contribution in [0.3, 0.4) is 0 Å². The Hall–Kier alpha value is -1.06. The van der Waals surface area contributed by atoms with Gasteiger partial charge in [-0.1, -0.05) is 26.0 Å². The molecule has 0 aromatic heterocycles. The molecule has 1 heterocycles. The number of nitrogens with one attached hydrogen (secondary N) is 2. The predicted octanol–water partition coefficient (Wildman–Crippen LogP) is 2.43. The average Bonchev–Trinajstić information content (AvgIpc) is 2.80. The van der Waals surface area contributed by atoms with E-state index in [1.54, 1.807) is 0 Å². The van der Waals surface area contributed by atoms with E-state index < -0.39 is 11.4 Å². The van der Waals surface area contributed by atoms with Gasteiger partial charge in [0.2, 0.25) is 0 Å². The quantitative estimate of drug-likeness (QED) is 0.831. The normalized spacial score (nSPS) is 23.7. The molecule has 1 unspecified atom stereocenters. The molecule has 2 atom stereocenters. The summed E-state index contributed by atoms with van der Waals surface area (Å²) in [6.45, 7) is 6.15. The molecule has 0 saturated carbocycles. The number of nitriles is 1. The molecule has 1 aliphatic carbocycles. The Morgan fingerprint density at radius 1 is 1.43 bits per heavy atom. The monoisotopic (exact) mass is 331 g/mol. The standard InChI is InChI=1S/C18H25N3OS/c1-13(2)12-23(22)21-17-16-14(4-3-5-15(16)11-19)10-18(17)6-8-20-9-7-18/h3-5,13,17,20-21H,6-10,12H2,1-2H3/t17-,23?/m1/s1. The first-order valence-corrected chi connectivity index (χ1v) is 9.75. The van der Waals surface area contributed by atoms with E-state index >= 15 is 0 Å². The molecule has 2 N–H and O–H groups in total. The number of hydrogen-bond acceptors (Lipinski definition) is 4. The predicted molar refractivity (Wildman–Crippen MR) is 93.1 cm³/mol. The molecule has 0 amide bonds. The topological polar surface area (TPSA) is 70.9 Å². The van der Waals surface area contributed by atoms with Gasteiger partial charge >= 0.3 is 0 Å². The lowest BCUT2D eigenvalue weighted by Gasteiger charge is -2.39. The molecule has 0 radical (unpaired) electrons. The van der Waals surface area contributed by atoms with E-state index in [1.807, 2.05) is 12.1 Å². The molecule has 2 aliphatic rings. The number of fused-ring (bicyclic) bond motifs is 1. The second kappa shape index (κ2) is 6.82. The summed E-state index contributed by atoms with van der Waals surface area (Å²) in [7, 11) is 0. The summed E-state index contributed by atoms with van der Waals surface area (Å²) in [5, 5.41) is 12.9. The SMILES string of the molecule is CC(C)C[S+]([O-])N[C@@H]1c2c(C#N)cccc2CC12CCNCC2. The number of rotatable bonds is 4. The van der Waals surface area contributed by atoms with Crippen LogP contribution in [0.4, 0.5) is 0 Å². The fourth-order valence-corrected chi connectivity index (χ4v) is 5.38. The van der Waals surface area contributed by atoms with Gasteiger partial charge in [0.15, 0.2) is 0 Å². The van der Waals surface area contributed by atoms with Crippen molar-refractivity contribution >= 4 is 11.4 Å². The van der Waals surface area contributed by atoms with Gasteiger partial charge < -0.3 is 9.87 Å². The molecule has 1 fully saturated rings. The van der Waals surface area contributed by atoms with Crippen molar-refractivity contribution in [2.45, 2.75) is 39.2 Å². The second-order valence-electron chi connectivity index (χ2n) is 7.24. The maximum Gasteiger partial charge on any atom is 0.127 e. The zero-order valence-corrected chi connectivity index (χ0v) is 14.7. The lowest BCUT2D eigenvalue weighted by Crippen LogP contribution is -2.46. The maximum atomic E-state index is 12.5. The molecule has 5 heteroatoms. The van der Waals surface area contributed by atoms with Crippen LogP contribution in [-0.2, 0) is 17.8 Å². The fraction of sp³-hybridized carbons (Fsp3) is 0.611. The third-order valence-corrected chi connectivity index (χ3v) is 6.56. The summed E-state index contributed by atoms with van der Waals surface area (Å²) in [4.78, 5) is 0. The van der Waals surface area contributed by atoms with Crippen molar-refractivity contribution in [1.82, 2.24) is 10.0 Å². The summed E-state index contributed by atoms with van der Waals surface area (Å²) < 4.78 is 15.9. The van der Waals surface area contributed by atoms with Crippen LogP contribution in [0, 0.1) is 22.7 Å². The van der Waals surface area contributed by atoms with E-state index in [9.17, 15) is 9.81 Å². The van der Waals surface area contributed by atoms with E-state index in [4.69, 9.17) is 0 Å². The third-order valence-electron chi connectivity index (χ3n) is 5.09. The van der Waals surface area contributed by atoms with Crippen molar-refractivity contribution in [1.29, 1.82) is 5.26 Å². The number of benzene rings is 1. The highest BCUT2D eigenvalue weighted by atomic mass is 32.2. The average molecular weight is 331 g/mol. The summed E-state index contributed by atoms with van der Waals surface area (Å²) in [6, 6.07) is 8.35. The number of nitrogens with zero attached hydrogens (tertiary/aromatic N) is 1. The fourth-order valence-electron chi connectivity index (χ4n) is 4.05. The molecular formula is C18H25N3OS. The van der Waals surface area contributed by atoms with Gasteiger partial charge in [-0.2, -0.15) is 5.26 Å². The summed E-state index contributed by atoms with van der Waals surface area (Å²) >= 11 is -1.07. The van der Waals surface area contributed by atoms with Crippen LogP contribution < -0.4 is 10.0 Å². The first kappa shape index (κ1) is 16.8. The minimum absolute atomic E-state index is 0.0232. The van der Waals surface area contributed by atoms with Crippen LogP contribution in [0.25, 0.3) is 0 Å². The lowest BCUT2D eigenvalue weighted by molar-refractivity contribution is 0.164. The highest BCUT2D eigenvalue weighted by Gasteiger charge is 2.49. The van der Waals surface area contributed by atoms with E-state index in [-0.39, 0.29) is 11.5 Å². The first-order chi connectivity index (χ1) is 11.1. The van der Waals surface area contributed by atoms with Gasteiger partial charge in [-0.25, -0.2) is 0 Å². The van der Waals surface area contributed by atoms with E-state index in [2.05, 4.69) is 36.0 Å². The smallest absolute Gasteiger partial charge is 0.127 e. The summed E-state index contributed by atoms with van der Waals surface area (Å²) in [5.41, 5.74) is 3.17. The number of piperidine rings is 1. The Kier molecular flexibility index (Phi) is 4.98. The summed E-state index contributed by atoms with van der Waals surface area (Å²) in [6.07, 6.45) is 3.10. The van der Waals surface area contributed by atoms with Gasteiger partial charge in [0.05, 0.1) is 17.7 Å². The molecule has 1 aromatic carbocycles. The van der Waals surface area contributed by atoms with Crippen LogP contribution >= 0.6 is 0 Å². The van der Waals surface area contributed by atoms with Crippen molar-refractivity contribution < 1.29 is 4.55 Å². The molecule has 124 valence electrons. The molecule has 0 bridgehead atoms. The van der Waals surface area contributed by atoms with Crippen LogP contribution in [-0.4, -0.2) is 23.4 Å². The van der Waals surface area contributed by atoms with Gasteiger partial charge in [-0.15, -0.1) is 4.72 Å². The van der Waals surface area contributed by atoms with Gasteiger partial charge in [0.1, 0.15) is 5.75 Å². The Labute approximate surface area is 142 Å². The van der Waals surface area contributed by atoms with Crippen molar-refractivity contribution in [2.75, 3.05) is 18.8 Å². The Bertz CT molecular complexity index is 605. The van der Waals surface area contributed by atoms with Crippen LogP contribution in [0.2, 0.25) is 0 Å². The number of hydrogen-bond donors (Lipinski definition) is 2. The van der Waals surface area contributed by atoms with Crippen molar-refractivity contribution in [2.24, 2.45) is 11.3 Å². The lowest BCUT2D eigenvalue weighted by atomic mass is 9.73. The largest absolute Gasteiger partial charge is 0.598 e. The molecular weight excluding hydrogens is 306 g/mol. The van der Waals surface area contributed by atoms with E-state index in [1.165, 1.54) is 5.56 Å². The van der Waals surface area contributed by atoms with Crippen LogP contribution in [0.1, 0.15) is 49.4 Å².